The van der Waals surface area contributed by atoms with E-state index in [9.17, 15) is 14.4 Å². The third-order valence-corrected chi connectivity index (χ3v) is 4.46. The molecule has 0 aliphatic carbocycles. The number of carbonyl (C=O) groups is 3. The van der Waals surface area contributed by atoms with Crippen LogP contribution in [0.3, 0.4) is 0 Å². The van der Waals surface area contributed by atoms with Crippen molar-refractivity contribution in [1.29, 1.82) is 0 Å². The molecule has 0 fully saturated rings. The molecule has 0 unspecified atom stereocenters. The highest BCUT2D eigenvalue weighted by atomic mass is 79.9. The highest BCUT2D eigenvalue weighted by Crippen LogP contribution is 2.31. The Morgan fingerprint density at radius 3 is 2.33 bits per heavy atom. The number of primary amides is 1. The first-order valence-electron chi connectivity index (χ1n) is 7.30. The molecule has 1 aromatic heterocycles. The number of anilines is 1. The third-order valence-electron chi connectivity index (χ3n) is 2.81. The van der Waals surface area contributed by atoms with Crippen LogP contribution in [0.25, 0.3) is 0 Å². The molecule has 9 heteroatoms. The quantitative estimate of drug-likeness (QED) is 0.680. The number of halogens is 1. The molecule has 0 bridgehead atoms. The van der Waals surface area contributed by atoms with Crippen LogP contribution in [0.5, 0.6) is 0 Å². The maximum absolute atomic E-state index is 12.5. The lowest BCUT2D eigenvalue weighted by molar-refractivity contribution is -0.119. The normalized spacial score (nSPS) is 12.6. The first-order chi connectivity index (χ1) is 10.9. The summed E-state index contributed by atoms with van der Waals surface area (Å²) in [4.78, 5) is 36.1. The second kappa shape index (κ2) is 7.98. The lowest BCUT2D eigenvalue weighted by atomic mass is 10.0. The van der Waals surface area contributed by atoms with Gasteiger partial charge in [-0.3, -0.25) is 9.59 Å². The van der Waals surface area contributed by atoms with Crippen LogP contribution < -0.4 is 16.4 Å². The van der Waals surface area contributed by atoms with Crippen molar-refractivity contribution in [1.82, 2.24) is 5.32 Å². The van der Waals surface area contributed by atoms with Gasteiger partial charge in [0.2, 0.25) is 5.91 Å². The van der Waals surface area contributed by atoms with E-state index in [1.54, 1.807) is 40.7 Å². The predicted molar refractivity (Wildman–Crippen MR) is 97.2 cm³/mol. The Morgan fingerprint density at radius 1 is 1.29 bits per heavy atom. The van der Waals surface area contributed by atoms with Gasteiger partial charge < -0.3 is 21.1 Å². The minimum atomic E-state index is -0.820. The summed E-state index contributed by atoms with van der Waals surface area (Å²) in [6.07, 6.45) is -0.682. The van der Waals surface area contributed by atoms with E-state index in [4.69, 9.17) is 10.5 Å². The van der Waals surface area contributed by atoms with Gasteiger partial charge in [0.25, 0.3) is 5.91 Å². The molecule has 0 aliphatic rings. The summed E-state index contributed by atoms with van der Waals surface area (Å²) >= 11 is 4.37. The SMILES string of the molecule is CC(C)[C@@H](NC(=O)OC(C)(C)C)C(=O)Nc1cc(Br)sc1C(N)=O. The van der Waals surface area contributed by atoms with Crippen molar-refractivity contribution >= 4 is 50.9 Å². The Labute approximate surface area is 153 Å². The highest BCUT2D eigenvalue weighted by molar-refractivity contribution is 9.11. The van der Waals surface area contributed by atoms with Gasteiger partial charge in [-0.15, -0.1) is 11.3 Å². The highest BCUT2D eigenvalue weighted by Gasteiger charge is 2.28. The minimum Gasteiger partial charge on any atom is -0.444 e. The van der Waals surface area contributed by atoms with Gasteiger partial charge in [-0.25, -0.2) is 4.79 Å². The van der Waals surface area contributed by atoms with Crippen molar-refractivity contribution in [2.24, 2.45) is 11.7 Å². The van der Waals surface area contributed by atoms with Crippen LogP contribution in [-0.4, -0.2) is 29.6 Å². The Bertz CT molecular complexity index is 637. The third kappa shape index (κ3) is 6.12. The summed E-state index contributed by atoms with van der Waals surface area (Å²) in [6, 6.07) is 0.771. The molecule has 7 nitrogen and oxygen atoms in total. The smallest absolute Gasteiger partial charge is 0.408 e. The van der Waals surface area contributed by atoms with Gasteiger partial charge in [0, 0.05) is 0 Å². The Morgan fingerprint density at radius 2 is 1.88 bits per heavy atom. The fourth-order valence-electron chi connectivity index (χ4n) is 1.82. The van der Waals surface area contributed by atoms with Gasteiger partial charge in [-0.1, -0.05) is 13.8 Å². The summed E-state index contributed by atoms with van der Waals surface area (Å²) in [5.74, 6) is -1.28. The molecule has 1 heterocycles. The topological polar surface area (TPSA) is 111 Å². The van der Waals surface area contributed by atoms with Crippen molar-refractivity contribution in [3.05, 3.63) is 14.7 Å². The number of alkyl carbamates (subject to hydrolysis) is 1. The van der Waals surface area contributed by atoms with Crippen LogP contribution in [0.2, 0.25) is 0 Å². The fourth-order valence-corrected chi connectivity index (χ4v) is 3.22. The molecule has 24 heavy (non-hydrogen) atoms. The van der Waals surface area contributed by atoms with E-state index in [0.717, 1.165) is 11.3 Å². The van der Waals surface area contributed by atoms with E-state index < -0.39 is 29.6 Å². The van der Waals surface area contributed by atoms with Gasteiger partial charge in [0.05, 0.1) is 9.47 Å². The van der Waals surface area contributed by atoms with E-state index in [1.807, 2.05) is 0 Å². The van der Waals surface area contributed by atoms with Crippen LogP contribution in [0.15, 0.2) is 9.85 Å². The van der Waals surface area contributed by atoms with Crippen molar-refractivity contribution in [2.75, 3.05) is 5.32 Å². The Balaban J connectivity index is 2.88. The number of rotatable bonds is 5. The van der Waals surface area contributed by atoms with E-state index >= 15 is 0 Å². The summed E-state index contributed by atoms with van der Waals surface area (Å²) in [6.45, 7) is 8.79. The first-order valence-corrected chi connectivity index (χ1v) is 8.91. The molecule has 1 atom stereocenters. The molecule has 0 saturated carbocycles. The van der Waals surface area contributed by atoms with Gasteiger partial charge >= 0.3 is 6.09 Å². The number of carbonyl (C=O) groups excluding carboxylic acids is 3. The molecule has 3 amide bonds. The van der Waals surface area contributed by atoms with Gasteiger partial charge in [0.1, 0.15) is 16.5 Å². The molecule has 1 rings (SSSR count). The molecule has 4 N–H and O–H groups in total. The number of hydrogen-bond donors (Lipinski definition) is 3. The van der Waals surface area contributed by atoms with E-state index in [2.05, 4.69) is 26.6 Å². The van der Waals surface area contributed by atoms with Gasteiger partial charge in [-0.05, 0) is 48.7 Å². The van der Waals surface area contributed by atoms with Crippen LogP contribution in [0.4, 0.5) is 10.5 Å². The predicted octanol–water partition coefficient (Wildman–Crippen LogP) is 3.10. The molecular weight excluding hydrogens is 398 g/mol. The average Bonchev–Trinajstić information content (AvgIpc) is 2.74. The number of thiophene rings is 1. The van der Waals surface area contributed by atoms with Crippen molar-refractivity contribution in [2.45, 2.75) is 46.3 Å². The van der Waals surface area contributed by atoms with Crippen LogP contribution in [0, 0.1) is 5.92 Å². The zero-order valence-corrected chi connectivity index (χ0v) is 16.6. The second-order valence-electron chi connectivity index (χ2n) is 6.51. The summed E-state index contributed by atoms with van der Waals surface area (Å²) in [5.41, 5.74) is 4.94. The van der Waals surface area contributed by atoms with Crippen molar-refractivity contribution in [3.63, 3.8) is 0 Å². The second-order valence-corrected chi connectivity index (χ2v) is 8.95. The molecular formula is C15H22BrN3O4S. The number of hydrogen-bond acceptors (Lipinski definition) is 5. The average molecular weight is 420 g/mol. The van der Waals surface area contributed by atoms with Crippen LogP contribution >= 0.6 is 27.3 Å². The molecule has 0 saturated heterocycles. The minimum absolute atomic E-state index is 0.184. The summed E-state index contributed by atoms with van der Waals surface area (Å²) < 4.78 is 5.84. The summed E-state index contributed by atoms with van der Waals surface area (Å²) in [5, 5.41) is 5.18. The molecule has 1 aromatic rings. The fraction of sp³-hybridized carbons (Fsp3) is 0.533. The number of ether oxygens (including phenoxy) is 1. The lowest BCUT2D eigenvalue weighted by Crippen LogP contribution is -2.48. The van der Waals surface area contributed by atoms with E-state index in [0.29, 0.717) is 9.47 Å². The molecule has 134 valence electrons. The van der Waals surface area contributed by atoms with Gasteiger partial charge in [0.15, 0.2) is 0 Å². The van der Waals surface area contributed by atoms with E-state index in [-0.39, 0.29) is 10.8 Å². The molecule has 0 aromatic carbocycles. The Hall–Kier alpha value is -1.61. The number of nitrogens with one attached hydrogen (secondary N) is 2. The van der Waals surface area contributed by atoms with Crippen LogP contribution in [0.1, 0.15) is 44.3 Å². The van der Waals surface area contributed by atoms with Crippen molar-refractivity contribution < 1.29 is 19.1 Å². The maximum atomic E-state index is 12.5. The number of nitrogens with two attached hydrogens (primary N) is 1. The summed E-state index contributed by atoms with van der Waals surface area (Å²) in [7, 11) is 0. The number of amides is 3. The zero-order valence-electron chi connectivity index (χ0n) is 14.2. The molecule has 0 radical (unpaired) electrons. The Kier molecular flexibility index (Phi) is 6.79. The maximum Gasteiger partial charge on any atom is 0.408 e. The lowest BCUT2D eigenvalue weighted by Gasteiger charge is -2.25. The monoisotopic (exact) mass is 419 g/mol. The van der Waals surface area contributed by atoms with E-state index in [1.165, 1.54) is 0 Å². The molecule has 0 aliphatic heterocycles. The van der Waals surface area contributed by atoms with Gasteiger partial charge in [-0.2, -0.15) is 0 Å². The van der Waals surface area contributed by atoms with Crippen LogP contribution in [-0.2, 0) is 9.53 Å². The standard InChI is InChI=1S/C15H22BrN3O4S/c1-7(2)10(19-14(22)23-15(3,4)5)13(21)18-8-6-9(16)24-11(8)12(17)20/h6-7,10H,1-5H3,(H2,17,20)(H,18,21)(H,19,22)/t10-/m1/s1. The first kappa shape index (κ1) is 20.4. The largest absolute Gasteiger partial charge is 0.444 e. The molecule has 0 spiro atoms. The zero-order chi connectivity index (χ0) is 18.7. The van der Waals surface area contributed by atoms with Crippen molar-refractivity contribution in [3.8, 4) is 0 Å².